The van der Waals surface area contributed by atoms with E-state index < -0.39 is 34.3 Å². The summed E-state index contributed by atoms with van der Waals surface area (Å²) < 4.78 is 37.5. The number of phenolic OH excluding ortho intramolecular Hbond substituents is 1. The molecule has 12 heteroatoms. The summed E-state index contributed by atoms with van der Waals surface area (Å²) in [4.78, 5) is 43.2. The maximum atomic E-state index is 15.9. The summed E-state index contributed by atoms with van der Waals surface area (Å²) >= 11 is 0. The fourth-order valence-corrected chi connectivity index (χ4v) is 5.51. The molecule has 1 aliphatic rings. The Hall–Kier alpha value is -4.87. The molecule has 224 valence electrons. The number of carbonyl (C=O) groups is 1. The van der Waals surface area contributed by atoms with Crippen molar-refractivity contribution in [3.63, 3.8) is 0 Å². The molecule has 10 nitrogen and oxygen atoms in total. The van der Waals surface area contributed by atoms with Crippen molar-refractivity contribution in [2.24, 2.45) is 0 Å². The fraction of sp³-hybridized carbons (Fsp3) is 0.323. The van der Waals surface area contributed by atoms with Gasteiger partial charge in [-0.25, -0.2) is 28.1 Å². The van der Waals surface area contributed by atoms with Gasteiger partial charge in [-0.3, -0.25) is 4.79 Å². The molecule has 3 aromatic heterocycles. The number of amides is 1. The van der Waals surface area contributed by atoms with Gasteiger partial charge in [0.15, 0.2) is 11.5 Å². The van der Waals surface area contributed by atoms with Crippen molar-refractivity contribution in [1.82, 2.24) is 24.4 Å². The Balaban J connectivity index is 1.85. The number of rotatable bonds is 6. The van der Waals surface area contributed by atoms with Crippen molar-refractivity contribution in [3.8, 4) is 28.6 Å². The lowest BCUT2D eigenvalue weighted by Gasteiger charge is -2.40. The lowest BCUT2D eigenvalue weighted by Crippen LogP contribution is -2.54. The van der Waals surface area contributed by atoms with Crippen molar-refractivity contribution < 1.29 is 23.4 Å². The zero-order valence-electron chi connectivity index (χ0n) is 24.6. The van der Waals surface area contributed by atoms with E-state index in [0.717, 1.165) is 12.1 Å². The van der Waals surface area contributed by atoms with Gasteiger partial charge in [0.1, 0.15) is 23.1 Å². The summed E-state index contributed by atoms with van der Waals surface area (Å²) in [7, 11) is 1.49. The average molecular weight is 591 g/mol. The molecule has 1 fully saturated rings. The Labute approximate surface area is 246 Å². The van der Waals surface area contributed by atoms with Crippen LogP contribution in [0.4, 0.5) is 14.6 Å². The Kier molecular flexibility index (Phi) is 7.87. The summed E-state index contributed by atoms with van der Waals surface area (Å²) in [5.41, 5.74) is -0.0733. The molecule has 1 saturated heterocycles. The molecule has 5 rings (SSSR count). The van der Waals surface area contributed by atoms with E-state index in [4.69, 9.17) is 4.74 Å². The van der Waals surface area contributed by atoms with Crippen LogP contribution in [0.25, 0.3) is 28.0 Å². The third-order valence-electron chi connectivity index (χ3n) is 7.58. The first-order valence-electron chi connectivity index (χ1n) is 13.8. The molecule has 43 heavy (non-hydrogen) atoms. The first-order valence-corrected chi connectivity index (χ1v) is 13.8. The molecule has 1 atom stereocenters. The molecule has 0 unspecified atom stereocenters. The summed E-state index contributed by atoms with van der Waals surface area (Å²) in [6.45, 7) is 12.0. The first-order chi connectivity index (χ1) is 20.5. The second-order valence-electron chi connectivity index (χ2n) is 10.8. The number of aromatic hydroxyl groups is 1. The Morgan fingerprint density at radius 1 is 1.16 bits per heavy atom. The fourth-order valence-electron chi connectivity index (χ4n) is 5.51. The van der Waals surface area contributed by atoms with Crippen molar-refractivity contribution in [1.29, 1.82) is 0 Å². The van der Waals surface area contributed by atoms with Crippen LogP contribution in [0.2, 0.25) is 0 Å². The number of pyridine rings is 2. The minimum atomic E-state index is -0.914. The van der Waals surface area contributed by atoms with Crippen molar-refractivity contribution in [2.75, 3.05) is 31.6 Å². The number of nitrogens with zero attached hydrogens (tertiary/aromatic N) is 6. The number of ether oxygens (including phenoxy) is 1. The van der Waals surface area contributed by atoms with E-state index in [1.54, 1.807) is 17.9 Å². The smallest absolute Gasteiger partial charge is 0.355 e. The van der Waals surface area contributed by atoms with Gasteiger partial charge in [0, 0.05) is 31.7 Å². The monoisotopic (exact) mass is 590 g/mol. The largest absolute Gasteiger partial charge is 0.507 e. The van der Waals surface area contributed by atoms with Crippen LogP contribution in [-0.2, 0) is 4.79 Å². The highest BCUT2D eigenvalue weighted by Gasteiger charge is 2.31. The van der Waals surface area contributed by atoms with Crippen molar-refractivity contribution in [3.05, 3.63) is 76.4 Å². The zero-order valence-corrected chi connectivity index (χ0v) is 24.6. The van der Waals surface area contributed by atoms with Gasteiger partial charge in [-0.2, -0.15) is 4.98 Å². The van der Waals surface area contributed by atoms with Crippen LogP contribution in [0.15, 0.2) is 47.8 Å². The first kappa shape index (κ1) is 29.6. The predicted octanol–water partition coefficient (Wildman–Crippen LogP) is 4.49. The average Bonchev–Trinajstić information content (AvgIpc) is 2.97. The molecule has 4 aromatic rings. The quantitative estimate of drug-likeness (QED) is 0.327. The number of phenols is 1. The van der Waals surface area contributed by atoms with Crippen LogP contribution in [0.3, 0.4) is 0 Å². The topological polar surface area (TPSA) is 114 Å². The Bertz CT molecular complexity index is 1800. The number of benzene rings is 1. The molecule has 0 aliphatic carbocycles. The molecule has 0 bridgehead atoms. The highest BCUT2D eigenvalue weighted by atomic mass is 19.1. The molecular weight excluding hydrogens is 558 g/mol. The number of anilines is 1. The number of aryl methyl sites for hydroxylation is 1. The van der Waals surface area contributed by atoms with Crippen LogP contribution in [0.1, 0.15) is 37.9 Å². The van der Waals surface area contributed by atoms with Gasteiger partial charge < -0.3 is 19.6 Å². The van der Waals surface area contributed by atoms with E-state index in [1.165, 1.54) is 29.9 Å². The SMILES string of the molecule is C=CC(=O)N1CCN(c2nc(=O)n(-c3c(C)cc(OC)nc3C(C)C)c3nc(-c4c(O)cccc4F)c(F)cc23)[C@@H](C)C1. The number of halogens is 2. The van der Waals surface area contributed by atoms with Gasteiger partial charge in [-0.15, -0.1) is 0 Å². The van der Waals surface area contributed by atoms with Gasteiger partial charge in [0.05, 0.1) is 29.4 Å². The van der Waals surface area contributed by atoms with Crippen LogP contribution in [-0.4, -0.2) is 68.2 Å². The van der Waals surface area contributed by atoms with Crippen molar-refractivity contribution >= 4 is 22.8 Å². The molecular formula is C31H32F2N6O4. The molecule has 1 N–H and O–H groups in total. The molecule has 0 saturated carbocycles. The molecule has 0 spiro atoms. The third kappa shape index (κ3) is 5.17. The number of aromatic nitrogens is 4. The minimum Gasteiger partial charge on any atom is -0.507 e. The lowest BCUT2D eigenvalue weighted by atomic mass is 10.0. The third-order valence-corrected chi connectivity index (χ3v) is 7.58. The van der Waals surface area contributed by atoms with Gasteiger partial charge in [0.2, 0.25) is 11.8 Å². The number of piperazine rings is 1. The maximum absolute atomic E-state index is 15.9. The van der Waals surface area contributed by atoms with E-state index in [1.807, 2.05) is 25.7 Å². The van der Waals surface area contributed by atoms with Gasteiger partial charge in [0.25, 0.3) is 0 Å². The molecule has 1 aliphatic heterocycles. The maximum Gasteiger partial charge on any atom is 0.355 e. The summed E-state index contributed by atoms with van der Waals surface area (Å²) in [5, 5.41) is 10.7. The molecule has 0 radical (unpaired) electrons. The van der Waals surface area contributed by atoms with Crippen LogP contribution in [0, 0.1) is 18.6 Å². The van der Waals surface area contributed by atoms with Crippen LogP contribution < -0.4 is 15.3 Å². The normalized spacial score (nSPS) is 15.3. The number of methoxy groups -OCH3 is 1. The number of fused-ring (bicyclic) bond motifs is 1. The van der Waals surface area contributed by atoms with Crippen molar-refractivity contribution in [2.45, 2.75) is 39.7 Å². The zero-order chi connectivity index (χ0) is 31.2. The van der Waals surface area contributed by atoms with Gasteiger partial charge in [-0.05, 0) is 49.6 Å². The lowest BCUT2D eigenvalue weighted by molar-refractivity contribution is -0.126. The highest BCUT2D eigenvalue weighted by Crippen LogP contribution is 2.37. The second kappa shape index (κ2) is 11.4. The Morgan fingerprint density at radius 3 is 2.53 bits per heavy atom. The van der Waals surface area contributed by atoms with E-state index >= 15 is 4.39 Å². The predicted molar refractivity (Wildman–Crippen MR) is 159 cm³/mol. The number of carbonyl (C=O) groups excluding carboxylic acids is 1. The van der Waals surface area contributed by atoms with E-state index in [9.17, 15) is 19.1 Å². The second-order valence-corrected chi connectivity index (χ2v) is 10.8. The number of hydrogen-bond donors (Lipinski definition) is 1. The molecule has 1 amide bonds. The summed E-state index contributed by atoms with van der Waals surface area (Å²) in [5.74, 6) is -2.16. The van der Waals surface area contributed by atoms with E-state index in [2.05, 4.69) is 21.5 Å². The highest BCUT2D eigenvalue weighted by molar-refractivity contribution is 5.91. The van der Waals surface area contributed by atoms with E-state index in [-0.39, 0.29) is 34.7 Å². The molecule has 4 heterocycles. The summed E-state index contributed by atoms with van der Waals surface area (Å²) in [6.07, 6.45) is 1.24. The van der Waals surface area contributed by atoms with Gasteiger partial charge in [-0.1, -0.05) is 26.5 Å². The van der Waals surface area contributed by atoms with E-state index in [0.29, 0.717) is 42.5 Å². The Morgan fingerprint density at radius 2 is 1.91 bits per heavy atom. The minimum absolute atomic E-state index is 0.00261. The number of hydrogen-bond acceptors (Lipinski definition) is 8. The molecule has 1 aromatic carbocycles. The van der Waals surface area contributed by atoms with Crippen LogP contribution in [0.5, 0.6) is 11.6 Å². The van der Waals surface area contributed by atoms with Gasteiger partial charge >= 0.3 is 5.69 Å². The summed E-state index contributed by atoms with van der Waals surface area (Å²) in [6, 6.07) is 6.14. The standard InChI is InChI=1S/C31H32F2N6O4/c1-7-24(41)37-11-12-38(18(5)15-37)29-19-14-21(33)27(25-20(32)9-8-10-22(25)40)35-30(19)39(31(42)36-29)28-17(4)13-23(43-6)34-26(28)16(2)3/h7-10,13-14,16,18,40H,1,11-12,15H2,2-6H3/t18-/m0/s1. The van der Waals surface area contributed by atoms with Crippen LogP contribution >= 0.6 is 0 Å².